The molecule has 2 amide bonds. The minimum absolute atomic E-state index is 0.132. The highest BCUT2D eigenvalue weighted by atomic mass is 35.5. The zero-order valence-corrected chi connectivity index (χ0v) is 15.6. The Morgan fingerprint density at radius 2 is 1.81 bits per heavy atom. The van der Waals surface area contributed by atoms with Gasteiger partial charge in [0.25, 0.3) is 11.8 Å². The Labute approximate surface area is 160 Å². The molecule has 0 saturated carbocycles. The van der Waals surface area contributed by atoms with Crippen LogP contribution in [0.1, 0.15) is 6.42 Å². The number of halogens is 2. The van der Waals surface area contributed by atoms with Crippen molar-refractivity contribution in [1.29, 1.82) is 0 Å². The summed E-state index contributed by atoms with van der Waals surface area (Å²) in [7, 11) is 2.49. The maximum atomic E-state index is 12.3. The van der Waals surface area contributed by atoms with Crippen molar-refractivity contribution < 1.29 is 28.6 Å². The summed E-state index contributed by atoms with van der Waals surface area (Å²) >= 11 is 11.8. The third-order valence-corrected chi connectivity index (χ3v) is 4.09. The van der Waals surface area contributed by atoms with Gasteiger partial charge < -0.3 is 24.8 Å². The molecule has 1 aromatic carbocycles. The normalized spacial score (nSPS) is 20.3. The second-order valence-corrected chi connectivity index (χ2v) is 6.42. The molecule has 0 aromatic heterocycles. The number of hydrogen-bond donors (Lipinski definition) is 2. The summed E-state index contributed by atoms with van der Waals surface area (Å²) in [6.07, 6.45) is -1.89. The van der Waals surface area contributed by atoms with Crippen LogP contribution < -0.4 is 10.6 Å². The minimum atomic E-state index is -1.40. The summed E-state index contributed by atoms with van der Waals surface area (Å²) in [6.45, 7) is 0.132. The molecular formula is C16H18Cl2N2O6. The van der Waals surface area contributed by atoms with Gasteiger partial charge >= 0.3 is 5.97 Å². The molecule has 0 radical (unpaired) electrons. The van der Waals surface area contributed by atoms with E-state index < -0.39 is 36.0 Å². The predicted molar refractivity (Wildman–Crippen MR) is 94.2 cm³/mol. The van der Waals surface area contributed by atoms with Gasteiger partial charge in [-0.15, -0.1) is 0 Å². The van der Waals surface area contributed by atoms with Gasteiger partial charge in [0.05, 0.1) is 19.8 Å². The van der Waals surface area contributed by atoms with Crippen LogP contribution in [0.2, 0.25) is 10.0 Å². The van der Waals surface area contributed by atoms with Crippen molar-refractivity contribution in [2.24, 2.45) is 0 Å². The molecule has 0 spiro atoms. The van der Waals surface area contributed by atoms with Gasteiger partial charge in [0.1, 0.15) is 0 Å². The fraction of sp³-hybridized carbons (Fsp3) is 0.438. The van der Waals surface area contributed by atoms with Gasteiger partial charge in [-0.3, -0.25) is 9.59 Å². The number of hydrogen-bond acceptors (Lipinski definition) is 6. The van der Waals surface area contributed by atoms with Gasteiger partial charge in [-0.1, -0.05) is 23.2 Å². The molecule has 2 N–H and O–H groups in total. The number of amides is 2. The zero-order valence-electron chi connectivity index (χ0n) is 14.1. The van der Waals surface area contributed by atoms with Gasteiger partial charge in [-0.25, -0.2) is 4.79 Å². The summed E-state index contributed by atoms with van der Waals surface area (Å²) in [5.74, 6) is -1.86. The first-order valence-corrected chi connectivity index (χ1v) is 8.39. The molecule has 10 heteroatoms. The number of benzene rings is 1. The molecule has 1 saturated heterocycles. The van der Waals surface area contributed by atoms with Gasteiger partial charge in [0.15, 0.2) is 6.10 Å². The number of rotatable bonds is 6. The van der Waals surface area contributed by atoms with Gasteiger partial charge in [-0.05, 0) is 18.2 Å². The van der Waals surface area contributed by atoms with Crippen LogP contribution >= 0.6 is 23.2 Å². The third kappa shape index (κ3) is 5.31. The minimum Gasteiger partial charge on any atom is -0.467 e. The quantitative estimate of drug-likeness (QED) is 0.548. The molecule has 3 atom stereocenters. The Morgan fingerprint density at radius 1 is 1.15 bits per heavy atom. The number of anilines is 1. The maximum absolute atomic E-state index is 12.3. The molecule has 1 heterocycles. The van der Waals surface area contributed by atoms with Crippen molar-refractivity contribution in [3.05, 3.63) is 28.2 Å². The van der Waals surface area contributed by atoms with Crippen LogP contribution in [0.3, 0.4) is 0 Å². The molecule has 1 aliphatic rings. The highest BCUT2D eigenvalue weighted by Gasteiger charge is 2.35. The molecule has 0 bridgehead atoms. The van der Waals surface area contributed by atoms with Gasteiger partial charge in [0, 0.05) is 29.3 Å². The third-order valence-electron chi connectivity index (χ3n) is 3.65. The highest BCUT2D eigenvalue weighted by molar-refractivity contribution is 6.35. The first kappa shape index (κ1) is 20.4. The maximum Gasteiger partial charge on any atom is 0.335 e. The largest absolute Gasteiger partial charge is 0.467 e. The van der Waals surface area contributed by atoms with E-state index in [0.717, 1.165) is 0 Å². The lowest BCUT2D eigenvalue weighted by atomic mass is 10.1. The summed E-state index contributed by atoms with van der Waals surface area (Å²) in [4.78, 5) is 36.1. The Kier molecular flexibility index (Phi) is 7.22. The molecule has 8 nitrogen and oxygen atoms in total. The molecule has 1 fully saturated rings. The number of carbonyl (C=O) groups is 3. The topological polar surface area (TPSA) is 103 Å². The Morgan fingerprint density at radius 3 is 2.38 bits per heavy atom. The first-order chi connectivity index (χ1) is 12.3. The Hall–Kier alpha value is -1.87. The van der Waals surface area contributed by atoms with E-state index in [1.165, 1.54) is 32.4 Å². The highest BCUT2D eigenvalue weighted by Crippen LogP contribution is 2.22. The molecule has 142 valence electrons. The van der Waals surface area contributed by atoms with Crippen molar-refractivity contribution in [2.45, 2.75) is 24.7 Å². The lowest BCUT2D eigenvalue weighted by molar-refractivity contribution is -0.151. The lowest BCUT2D eigenvalue weighted by Gasteiger charge is -2.18. The Balaban J connectivity index is 1.95. The van der Waals surface area contributed by atoms with Crippen LogP contribution in [0.4, 0.5) is 5.69 Å². The second-order valence-electron chi connectivity index (χ2n) is 5.55. The van der Waals surface area contributed by atoms with Crippen LogP contribution in [0.15, 0.2) is 18.2 Å². The lowest BCUT2D eigenvalue weighted by Crippen LogP contribution is -2.47. The zero-order chi connectivity index (χ0) is 19.3. The van der Waals surface area contributed by atoms with E-state index in [4.69, 9.17) is 32.7 Å². The predicted octanol–water partition coefficient (Wildman–Crippen LogP) is 1.39. The molecule has 1 aromatic rings. The molecule has 1 aliphatic heterocycles. The summed E-state index contributed by atoms with van der Waals surface area (Å²) in [6, 6.07) is 4.05. The number of ether oxygens (including phenoxy) is 3. The number of carbonyl (C=O) groups excluding carboxylic acids is 3. The summed E-state index contributed by atoms with van der Waals surface area (Å²) < 4.78 is 14.8. The van der Waals surface area contributed by atoms with E-state index in [2.05, 4.69) is 15.4 Å². The SMILES string of the molecule is COC(=O)[C@H]1CC(NC(=O)C(OC)C(=O)Nc2cc(Cl)cc(Cl)c2)CO1. The van der Waals surface area contributed by atoms with E-state index >= 15 is 0 Å². The van der Waals surface area contributed by atoms with Crippen molar-refractivity contribution in [3.8, 4) is 0 Å². The van der Waals surface area contributed by atoms with E-state index in [-0.39, 0.29) is 13.0 Å². The van der Waals surface area contributed by atoms with Crippen LogP contribution in [0.5, 0.6) is 0 Å². The first-order valence-electron chi connectivity index (χ1n) is 7.63. The van der Waals surface area contributed by atoms with Gasteiger partial charge in [-0.2, -0.15) is 0 Å². The fourth-order valence-electron chi connectivity index (χ4n) is 2.47. The summed E-state index contributed by atoms with van der Waals surface area (Å²) in [5, 5.41) is 5.81. The number of esters is 1. The van der Waals surface area contributed by atoms with E-state index in [0.29, 0.717) is 15.7 Å². The van der Waals surface area contributed by atoms with E-state index in [1.54, 1.807) is 0 Å². The van der Waals surface area contributed by atoms with Crippen molar-refractivity contribution >= 4 is 46.7 Å². The summed E-state index contributed by atoms with van der Waals surface area (Å²) in [5.41, 5.74) is 0.331. The van der Waals surface area contributed by atoms with E-state index in [9.17, 15) is 14.4 Å². The number of nitrogens with one attached hydrogen (secondary N) is 2. The van der Waals surface area contributed by atoms with Crippen molar-refractivity contribution in [2.75, 3.05) is 26.1 Å². The van der Waals surface area contributed by atoms with Crippen LogP contribution in [0, 0.1) is 0 Å². The molecule has 0 aliphatic carbocycles. The van der Waals surface area contributed by atoms with Crippen LogP contribution in [-0.4, -0.2) is 56.9 Å². The van der Waals surface area contributed by atoms with Crippen molar-refractivity contribution in [3.63, 3.8) is 0 Å². The molecular weight excluding hydrogens is 387 g/mol. The van der Waals surface area contributed by atoms with Crippen molar-refractivity contribution in [1.82, 2.24) is 5.32 Å². The average Bonchev–Trinajstić information content (AvgIpc) is 3.02. The monoisotopic (exact) mass is 404 g/mol. The second kappa shape index (κ2) is 9.18. The fourth-order valence-corrected chi connectivity index (χ4v) is 2.99. The smallest absolute Gasteiger partial charge is 0.335 e. The van der Waals surface area contributed by atoms with Crippen LogP contribution in [0.25, 0.3) is 0 Å². The molecule has 2 unspecified atom stereocenters. The number of methoxy groups -OCH3 is 2. The standard InChI is InChI=1S/C16H18Cl2N2O6/c1-24-13(14(21)19-10-4-8(17)3-9(18)5-10)15(22)20-11-6-12(26-7-11)16(23)25-2/h3-5,11-13H,6-7H2,1-2H3,(H,19,21)(H,20,22)/t11?,12-,13?/m1/s1. The van der Waals surface area contributed by atoms with Gasteiger partial charge in [0.2, 0.25) is 6.10 Å². The molecule has 26 heavy (non-hydrogen) atoms. The Bertz CT molecular complexity index is 679. The van der Waals surface area contributed by atoms with Crippen LogP contribution in [-0.2, 0) is 28.6 Å². The van der Waals surface area contributed by atoms with E-state index in [1.807, 2.05) is 0 Å². The average molecular weight is 405 g/mol. The molecule has 2 rings (SSSR count).